The lowest BCUT2D eigenvalue weighted by Crippen LogP contribution is -2.40. The maximum atomic E-state index is 5.80. The van der Waals surface area contributed by atoms with Gasteiger partial charge in [-0.3, -0.25) is 0 Å². The minimum Gasteiger partial charge on any atom is -0.356 e. The third-order valence-corrected chi connectivity index (χ3v) is 4.71. The number of piperidine rings is 1. The quantitative estimate of drug-likeness (QED) is 0.889. The molecule has 1 saturated heterocycles. The highest BCUT2D eigenvalue weighted by atomic mass is 15.2. The Kier molecular flexibility index (Phi) is 4.23. The molecule has 0 bridgehead atoms. The minimum atomic E-state index is 0.564. The van der Waals surface area contributed by atoms with Crippen molar-refractivity contribution >= 4 is 5.82 Å². The molecule has 100 valence electrons. The van der Waals surface area contributed by atoms with Gasteiger partial charge < -0.3 is 10.6 Å². The second kappa shape index (κ2) is 5.70. The van der Waals surface area contributed by atoms with Crippen LogP contribution in [0.3, 0.4) is 0 Å². The number of pyridine rings is 1. The summed E-state index contributed by atoms with van der Waals surface area (Å²) in [7, 11) is 0. The largest absolute Gasteiger partial charge is 0.356 e. The Bertz CT molecular complexity index is 375. The van der Waals surface area contributed by atoms with Gasteiger partial charge >= 0.3 is 0 Å². The lowest BCUT2D eigenvalue weighted by molar-refractivity contribution is 0.199. The lowest BCUT2D eigenvalue weighted by Gasteiger charge is -2.41. The molecular formula is C15H25N3. The maximum Gasteiger partial charge on any atom is 0.132 e. The Hall–Kier alpha value is -1.09. The zero-order valence-corrected chi connectivity index (χ0v) is 11.7. The van der Waals surface area contributed by atoms with Crippen molar-refractivity contribution in [2.45, 2.75) is 46.1 Å². The van der Waals surface area contributed by atoms with Crippen LogP contribution in [0.25, 0.3) is 0 Å². The highest BCUT2D eigenvalue weighted by Crippen LogP contribution is 2.39. The van der Waals surface area contributed by atoms with Crippen LogP contribution >= 0.6 is 0 Å². The molecule has 0 radical (unpaired) electrons. The minimum absolute atomic E-state index is 0.564. The van der Waals surface area contributed by atoms with Gasteiger partial charge in [0.05, 0.1) is 0 Å². The molecule has 2 N–H and O–H groups in total. The summed E-state index contributed by atoms with van der Waals surface area (Å²) >= 11 is 0. The molecule has 2 heterocycles. The normalized spacial score (nSPS) is 18.9. The number of hydrogen-bond acceptors (Lipinski definition) is 3. The zero-order chi connectivity index (χ0) is 13.0. The average Bonchev–Trinajstić information content (AvgIpc) is 2.47. The molecule has 0 saturated carbocycles. The molecule has 0 amide bonds. The molecule has 0 aromatic carbocycles. The smallest absolute Gasteiger partial charge is 0.132 e. The van der Waals surface area contributed by atoms with E-state index >= 15 is 0 Å². The van der Waals surface area contributed by atoms with Crippen LogP contribution in [0.5, 0.6) is 0 Å². The first-order valence-electron chi connectivity index (χ1n) is 7.13. The summed E-state index contributed by atoms with van der Waals surface area (Å²) in [5.74, 6) is 1.10. The fourth-order valence-electron chi connectivity index (χ4n) is 3.02. The molecular weight excluding hydrogens is 222 g/mol. The Morgan fingerprint density at radius 2 is 1.94 bits per heavy atom. The first-order chi connectivity index (χ1) is 8.74. The fourth-order valence-corrected chi connectivity index (χ4v) is 3.02. The van der Waals surface area contributed by atoms with Crippen LogP contribution in [-0.4, -0.2) is 18.1 Å². The van der Waals surface area contributed by atoms with Crippen molar-refractivity contribution in [3.63, 3.8) is 0 Å². The van der Waals surface area contributed by atoms with Gasteiger partial charge in [0, 0.05) is 31.4 Å². The fraction of sp³-hybridized carbons (Fsp3) is 0.667. The Morgan fingerprint density at radius 1 is 1.28 bits per heavy atom. The molecule has 1 aliphatic heterocycles. The van der Waals surface area contributed by atoms with Gasteiger partial charge in [-0.15, -0.1) is 0 Å². The van der Waals surface area contributed by atoms with Crippen molar-refractivity contribution in [2.75, 3.05) is 18.0 Å². The average molecular weight is 247 g/mol. The summed E-state index contributed by atoms with van der Waals surface area (Å²) in [5, 5.41) is 0. The van der Waals surface area contributed by atoms with E-state index in [0.717, 1.165) is 24.5 Å². The monoisotopic (exact) mass is 247 g/mol. The summed E-state index contributed by atoms with van der Waals surface area (Å²) in [6.45, 7) is 7.46. The topological polar surface area (TPSA) is 42.2 Å². The molecule has 1 aromatic heterocycles. The van der Waals surface area contributed by atoms with Gasteiger partial charge in [0.25, 0.3) is 0 Å². The number of aromatic nitrogens is 1. The van der Waals surface area contributed by atoms with Crippen LogP contribution in [0, 0.1) is 5.41 Å². The molecule has 2 rings (SSSR count). The van der Waals surface area contributed by atoms with Crippen molar-refractivity contribution in [1.29, 1.82) is 0 Å². The van der Waals surface area contributed by atoms with Gasteiger partial charge in [0.15, 0.2) is 0 Å². The molecule has 0 unspecified atom stereocenters. The van der Waals surface area contributed by atoms with Crippen LogP contribution in [0.4, 0.5) is 5.82 Å². The highest BCUT2D eigenvalue weighted by Gasteiger charge is 2.31. The van der Waals surface area contributed by atoms with Gasteiger partial charge in [0.2, 0.25) is 0 Å². The lowest BCUT2D eigenvalue weighted by atomic mass is 9.74. The predicted molar refractivity (Wildman–Crippen MR) is 76.6 cm³/mol. The molecule has 1 fully saturated rings. The number of nitrogens with zero attached hydrogens (tertiary/aromatic N) is 2. The molecule has 18 heavy (non-hydrogen) atoms. The second-order valence-corrected chi connectivity index (χ2v) is 5.38. The van der Waals surface area contributed by atoms with E-state index in [2.05, 4.69) is 29.8 Å². The van der Waals surface area contributed by atoms with Gasteiger partial charge in [0.1, 0.15) is 5.82 Å². The molecule has 1 aliphatic rings. The standard InChI is InChI=1S/C15H25N3/c1-3-15(4-2)7-10-18(11-8-15)14-13(12-16)6-5-9-17-14/h5-6,9H,3-4,7-8,10-12,16H2,1-2H3. The number of rotatable bonds is 4. The first kappa shape index (κ1) is 13.3. The number of hydrogen-bond donors (Lipinski definition) is 1. The van der Waals surface area contributed by atoms with Crippen LogP contribution in [0.15, 0.2) is 18.3 Å². The van der Waals surface area contributed by atoms with E-state index in [4.69, 9.17) is 5.73 Å². The van der Waals surface area contributed by atoms with Crippen LogP contribution in [0.1, 0.15) is 45.1 Å². The summed E-state index contributed by atoms with van der Waals surface area (Å²) < 4.78 is 0. The first-order valence-corrected chi connectivity index (χ1v) is 7.13. The van der Waals surface area contributed by atoms with Crippen LogP contribution in [0.2, 0.25) is 0 Å². The summed E-state index contributed by atoms with van der Waals surface area (Å²) in [6, 6.07) is 4.06. The summed E-state index contributed by atoms with van der Waals surface area (Å²) in [4.78, 5) is 6.93. The van der Waals surface area contributed by atoms with Crippen LogP contribution < -0.4 is 10.6 Å². The molecule has 3 nitrogen and oxygen atoms in total. The summed E-state index contributed by atoms with van der Waals surface area (Å²) in [6.07, 6.45) is 7.02. The predicted octanol–water partition coefficient (Wildman–Crippen LogP) is 2.95. The summed E-state index contributed by atoms with van der Waals surface area (Å²) in [5.41, 5.74) is 7.52. The molecule has 1 aromatic rings. The third kappa shape index (κ3) is 2.51. The van der Waals surface area contributed by atoms with Gasteiger partial charge in [-0.2, -0.15) is 0 Å². The van der Waals surface area contributed by atoms with Crippen LogP contribution in [-0.2, 0) is 6.54 Å². The molecule has 0 atom stereocenters. The SMILES string of the molecule is CCC1(CC)CCN(c2ncccc2CN)CC1. The van der Waals surface area contributed by atoms with Crippen molar-refractivity contribution in [2.24, 2.45) is 11.1 Å². The van der Waals surface area contributed by atoms with E-state index in [1.54, 1.807) is 0 Å². The van der Waals surface area contributed by atoms with E-state index in [9.17, 15) is 0 Å². The number of nitrogens with two attached hydrogens (primary N) is 1. The highest BCUT2D eigenvalue weighted by molar-refractivity contribution is 5.47. The number of anilines is 1. The van der Waals surface area contributed by atoms with Gasteiger partial charge in [-0.25, -0.2) is 4.98 Å². The van der Waals surface area contributed by atoms with E-state index < -0.39 is 0 Å². The van der Waals surface area contributed by atoms with Crippen molar-refractivity contribution < 1.29 is 0 Å². The Labute approximate surface area is 110 Å². The Morgan fingerprint density at radius 3 is 2.50 bits per heavy atom. The molecule has 0 aliphatic carbocycles. The van der Waals surface area contributed by atoms with E-state index in [1.165, 1.54) is 25.7 Å². The van der Waals surface area contributed by atoms with E-state index in [-0.39, 0.29) is 0 Å². The Balaban J connectivity index is 2.10. The van der Waals surface area contributed by atoms with Crippen molar-refractivity contribution in [1.82, 2.24) is 4.98 Å². The maximum absolute atomic E-state index is 5.80. The van der Waals surface area contributed by atoms with Gasteiger partial charge in [-0.05, 0) is 24.3 Å². The van der Waals surface area contributed by atoms with Crippen molar-refractivity contribution in [3.8, 4) is 0 Å². The molecule has 3 heteroatoms. The second-order valence-electron chi connectivity index (χ2n) is 5.38. The van der Waals surface area contributed by atoms with Gasteiger partial charge in [-0.1, -0.05) is 32.8 Å². The van der Waals surface area contributed by atoms with Crippen molar-refractivity contribution in [3.05, 3.63) is 23.9 Å². The third-order valence-electron chi connectivity index (χ3n) is 4.71. The van der Waals surface area contributed by atoms with E-state index in [1.807, 2.05) is 12.3 Å². The molecule has 0 spiro atoms. The zero-order valence-electron chi connectivity index (χ0n) is 11.7. The van der Waals surface area contributed by atoms with E-state index in [0.29, 0.717) is 12.0 Å².